The SMILES string of the molecule is NC(N)=NC(=O)c1cnn(-c2c(O)ccc3ncccc23)c1C1CC1. The van der Waals surface area contributed by atoms with Gasteiger partial charge in [-0.2, -0.15) is 10.1 Å². The van der Waals surface area contributed by atoms with Crippen molar-refractivity contribution >= 4 is 22.8 Å². The Bertz CT molecular complexity index is 1020. The maximum Gasteiger partial charge on any atom is 0.283 e. The lowest BCUT2D eigenvalue weighted by atomic mass is 10.1. The molecule has 1 saturated carbocycles. The Hall–Kier alpha value is -3.42. The molecular formula is C17H16N6O2. The molecule has 0 spiro atoms. The third-order valence-corrected chi connectivity index (χ3v) is 4.18. The zero-order chi connectivity index (χ0) is 17.6. The summed E-state index contributed by atoms with van der Waals surface area (Å²) >= 11 is 0. The van der Waals surface area contributed by atoms with E-state index in [4.69, 9.17) is 11.5 Å². The summed E-state index contributed by atoms with van der Waals surface area (Å²) in [6, 6.07) is 6.95. The predicted octanol–water partition coefficient (Wildman–Crippen LogP) is 1.42. The van der Waals surface area contributed by atoms with Gasteiger partial charge in [-0.1, -0.05) is 0 Å². The molecule has 4 rings (SSSR count). The number of phenolic OH excluding ortho intramolecular Hbond substituents is 1. The van der Waals surface area contributed by atoms with Crippen molar-refractivity contribution in [3.8, 4) is 11.4 Å². The number of aromatic nitrogens is 3. The van der Waals surface area contributed by atoms with Gasteiger partial charge in [-0.15, -0.1) is 0 Å². The highest BCUT2D eigenvalue weighted by Crippen LogP contribution is 2.44. The smallest absolute Gasteiger partial charge is 0.283 e. The molecule has 0 aliphatic heterocycles. The highest BCUT2D eigenvalue weighted by atomic mass is 16.3. The molecule has 3 aromatic rings. The molecule has 0 unspecified atom stereocenters. The monoisotopic (exact) mass is 336 g/mol. The summed E-state index contributed by atoms with van der Waals surface area (Å²) in [5, 5.41) is 15.5. The first-order valence-corrected chi connectivity index (χ1v) is 7.85. The van der Waals surface area contributed by atoms with Gasteiger partial charge >= 0.3 is 0 Å². The lowest BCUT2D eigenvalue weighted by Crippen LogP contribution is -2.24. The number of carbonyl (C=O) groups is 1. The summed E-state index contributed by atoms with van der Waals surface area (Å²) in [5.41, 5.74) is 12.9. The number of aromatic hydroxyl groups is 1. The number of benzene rings is 1. The molecule has 2 aromatic heterocycles. The summed E-state index contributed by atoms with van der Waals surface area (Å²) in [5.74, 6) is -0.587. The predicted molar refractivity (Wildman–Crippen MR) is 92.6 cm³/mol. The summed E-state index contributed by atoms with van der Waals surface area (Å²) in [7, 11) is 0. The van der Waals surface area contributed by atoms with E-state index >= 15 is 0 Å². The fraction of sp³-hybridized carbons (Fsp3) is 0.176. The quantitative estimate of drug-likeness (QED) is 0.489. The molecule has 0 radical (unpaired) electrons. The fourth-order valence-corrected chi connectivity index (χ4v) is 2.98. The van der Waals surface area contributed by atoms with Gasteiger partial charge in [-0.3, -0.25) is 9.78 Å². The Balaban J connectivity index is 1.96. The van der Waals surface area contributed by atoms with E-state index in [0.717, 1.165) is 23.7 Å². The van der Waals surface area contributed by atoms with Gasteiger partial charge in [0, 0.05) is 17.5 Å². The number of guanidine groups is 1. The molecule has 0 atom stereocenters. The van der Waals surface area contributed by atoms with Crippen LogP contribution in [0.4, 0.5) is 0 Å². The second kappa shape index (κ2) is 5.59. The van der Waals surface area contributed by atoms with E-state index in [-0.39, 0.29) is 17.6 Å². The molecule has 1 aromatic carbocycles. The number of phenols is 1. The number of rotatable bonds is 3. The third-order valence-electron chi connectivity index (χ3n) is 4.18. The third kappa shape index (κ3) is 2.57. The van der Waals surface area contributed by atoms with Crippen LogP contribution >= 0.6 is 0 Å². The van der Waals surface area contributed by atoms with E-state index in [1.165, 1.54) is 6.20 Å². The maximum absolute atomic E-state index is 12.3. The molecule has 0 bridgehead atoms. The van der Waals surface area contributed by atoms with Gasteiger partial charge in [0.05, 0.1) is 23.0 Å². The number of carbonyl (C=O) groups excluding carboxylic acids is 1. The Morgan fingerprint density at radius 2 is 2.08 bits per heavy atom. The van der Waals surface area contributed by atoms with E-state index in [1.54, 1.807) is 29.1 Å². The molecule has 126 valence electrons. The first-order valence-electron chi connectivity index (χ1n) is 7.85. The number of aliphatic imine (C=N–C) groups is 1. The van der Waals surface area contributed by atoms with Crippen molar-refractivity contribution in [1.82, 2.24) is 14.8 Å². The molecule has 8 nitrogen and oxygen atoms in total. The van der Waals surface area contributed by atoms with Crippen LogP contribution in [0.5, 0.6) is 5.75 Å². The number of fused-ring (bicyclic) bond motifs is 1. The number of nitrogens with two attached hydrogens (primary N) is 2. The molecule has 1 fully saturated rings. The zero-order valence-corrected chi connectivity index (χ0v) is 13.3. The number of pyridine rings is 1. The van der Waals surface area contributed by atoms with Gasteiger partial charge < -0.3 is 16.6 Å². The normalized spacial score (nSPS) is 13.8. The van der Waals surface area contributed by atoms with E-state index in [9.17, 15) is 9.90 Å². The zero-order valence-electron chi connectivity index (χ0n) is 13.3. The minimum atomic E-state index is -0.536. The van der Waals surface area contributed by atoms with E-state index < -0.39 is 5.91 Å². The van der Waals surface area contributed by atoms with Crippen LogP contribution < -0.4 is 11.5 Å². The van der Waals surface area contributed by atoms with Gasteiger partial charge in [-0.25, -0.2) is 4.68 Å². The van der Waals surface area contributed by atoms with Crippen molar-refractivity contribution < 1.29 is 9.90 Å². The van der Waals surface area contributed by atoms with Crippen molar-refractivity contribution in [2.45, 2.75) is 18.8 Å². The molecular weight excluding hydrogens is 320 g/mol. The fourth-order valence-electron chi connectivity index (χ4n) is 2.98. The minimum absolute atomic E-state index is 0.0614. The molecule has 1 aliphatic rings. The molecule has 2 heterocycles. The molecule has 1 aliphatic carbocycles. The highest BCUT2D eigenvalue weighted by Gasteiger charge is 2.33. The van der Waals surface area contributed by atoms with Crippen molar-refractivity contribution in [2.75, 3.05) is 0 Å². The van der Waals surface area contributed by atoms with Crippen molar-refractivity contribution in [1.29, 1.82) is 0 Å². The van der Waals surface area contributed by atoms with Crippen LogP contribution in [-0.2, 0) is 0 Å². The van der Waals surface area contributed by atoms with E-state index in [0.29, 0.717) is 16.9 Å². The molecule has 5 N–H and O–H groups in total. The first kappa shape index (κ1) is 15.1. The largest absolute Gasteiger partial charge is 0.506 e. The average Bonchev–Trinajstić information content (AvgIpc) is 3.33. The van der Waals surface area contributed by atoms with E-state index in [1.807, 2.05) is 6.07 Å². The van der Waals surface area contributed by atoms with Crippen LogP contribution in [0.1, 0.15) is 34.8 Å². The molecule has 0 saturated heterocycles. The summed E-state index contributed by atoms with van der Waals surface area (Å²) < 4.78 is 1.60. The summed E-state index contributed by atoms with van der Waals surface area (Å²) in [4.78, 5) is 20.2. The number of hydrogen-bond acceptors (Lipinski definition) is 4. The summed E-state index contributed by atoms with van der Waals surface area (Å²) in [6.07, 6.45) is 5.01. The Kier molecular flexibility index (Phi) is 3.38. The van der Waals surface area contributed by atoms with Gasteiger partial charge in [-0.05, 0) is 37.1 Å². The van der Waals surface area contributed by atoms with Crippen LogP contribution in [-0.4, -0.2) is 31.7 Å². The average molecular weight is 336 g/mol. The second-order valence-electron chi connectivity index (χ2n) is 5.97. The van der Waals surface area contributed by atoms with Gasteiger partial charge in [0.15, 0.2) is 5.96 Å². The highest BCUT2D eigenvalue weighted by molar-refractivity contribution is 6.03. The lowest BCUT2D eigenvalue weighted by Gasteiger charge is -2.12. The van der Waals surface area contributed by atoms with Crippen molar-refractivity contribution in [3.63, 3.8) is 0 Å². The van der Waals surface area contributed by atoms with Crippen LogP contribution in [0.25, 0.3) is 16.6 Å². The Morgan fingerprint density at radius 1 is 1.28 bits per heavy atom. The van der Waals surface area contributed by atoms with Gasteiger partial charge in [0.1, 0.15) is 11.4 Å². The van der Waals surface area contributed by atoms with Gasteiger partial charge in [0.25, 0.3) is 5.91 Å². The van der Waals surface area contributed by atoms with Crippen LogP contribution in [0.15, 0.2) is 41.7 Å². The molecule has 1 amide bonds. The van der Waals surface area contributed by atoms with Crippen LogP contribution in [0.2, 0.25) is 0 Å². The van der Waals surface area contributed by atoms with Crippen molar-refractivity contribution in [2.24, 2.45) is 16.5 Å². The number of hydrogen-bond donors (Lipinski definition) is 3. The topological polar surface area (TPSA) is 132 Å². The summed E-state index contributed by atoms with van der Waals surface area (Å²) in [6.45, 7) is 0. The molecule has 8 heteroatoms. The Morgan fingerprint density at radius 3 is 2.80 bits per heavy atom. The van der Waals surface area contributed by atoms with Crippen molar-refractivity contribution in [3.05, 3.63) is 47.9 Å². The first-order chi connectivity index (χ1) is 12.1. The Labute approximate surface area is 142 Å². The van der Waals surface area contributed by atoms with Crippen LogP contribution in [0, 0.1) is 0 Å². The lowest BCUT2D eigenvalue weighted by molar-refractivity contribution is 0.100. The van der Waals surface area contributed by atoms with E-state index in [2.05, 4.69) is 15.1 Å². The number of amides is 1. The number of nitrogens with zero attached hydrogens (tertiary/aromatic N) is 4. The van der Waals surface area contributed by atoms with Gasteiger partial charge in [0.2, 0.25) is 0 Å². The molecule has 25 heavy (non-hydrogen) atoms. The minimum Gasteiger partial charge on any atom is -0.506 e. The van der Waals surface area contributed by atoms with Crippen LogP contribution in [0.3, 0.4) is 0 Å². The standard InChI is InChI=1S/C17H16N6O2/c18-17(19)22-16(25)11-8-21-23(14(11)9-3-4-9)15-10-2-1-7-20-12(10)5-6-13(15)24/h1-2,5-9,24H,3-4H2,(H4,18,19,22,25). The maximum atomic E-state index is 12.3. The second-order valence-corrected chi connectivity index (χ2v) is 5.97.